The Morgan fingerprint density at radius 2 is 2.20 bits per heavy atom. The third kappa shape index (κ3) is 3.64. The van der Waals surface area contributed by atoms with Gasteiger partial charge in [0.25, 0.3) is 0 Å². The minimum atomic E-state index is -0.425. The molecular formula is C17H22FN5O2. The summed E-state index contributed by atoms with van der Waals surface area (Å²) in [6.45, 7) is 2.91. The van der Waals surface area contributed by atoms with E-state index in [4.69, 9.17) is 9.47 Å². The number of anilines is 1. The highest BCUT2D eigenvalue weighted by Crippen LogP contribution is 2.32. The maximum Gasteiger partial charge on any atom is 0.225 e. The van der Waals surface area contributed by atoms with Crippen LogP contribution in [0.4, 0.5) is 10.3 Å². The number of aromatic nitrogens is 4. The van der Waals surface area contributed by atoms with E-state index in [1.807, 2.05) is 16.9 Å². The molecule has 0 N–H and O–H groups in total. The largest absolute Gasteiger partial charge is 0.374 e. The zero-order chi connectivity index (χ0) is 17.1. The lowest BCUT2D eigenvalue weighted by Gasteiger charge is -2.32. The van der Waals surface area contributed by atoms with E-state index in [1.165, 1.54) is 12.4 Å². The number of hydrogen-bond acceptors (Lipinski definition) is 6. The van der Waals surface area contributed by atoms with Crippen LogP contribution in [0, 0.1) is 5.82 Å². The average molecular weight is 347 g/mol. The molecule has 2 aromatic rings. The van der Waals surface area contributed by atoms with Gasteiger partial charge in [-0.05, 0) is 25.3 Å². The van der Waals surface area contributed by atoms with E-state index >= 15 is 0 Å². The highest BCUT2D eigenvalue weighted by atomic mass is 19.1. The number of ether oxygens (including phenoxy) is 2. The molecule has 0 bridgehead atoms. The fraction of sp³-hybridized carbons (Fsp3) is 0.588. The quantitative estimate of drug-likeness (QED) is 0.741. The van der Waals surface area contributed by atoms with Crippen LogP contribution in [0.2, 0.25) is 0 Å². The van der Waals surface area contributed by atoms with Crippen molar-refractivity contribution in [1.82, 2.24) is 19.7 Å². The van der Waals surface area contributed by atoms with Crippen LogP contribution >= 0.6 is 0 Å². The minimum Gasteiger partial charge on any atom is -0.374 e. The molecule has 134 valence electrons. The van der Waals surface area contributed by atoms with Gasteiger partial charge >= 0.3 is 0 Å². The van der Waals surface area contributed by atoms with Gasteiger partial charge in [-0.3, -0.25) is 4.68 Å². The van der Waals surface area contributed by atoms with Crippen LogP contribution in [0.3, 0.4) is 0 Å². The third-order valence-corrected chi connectivity index (χ3v) is 4.76. The van der Waals surface area contributed by atoms with Gasteiger partial charge in [0.05, 0.1) is 25.0 Å². The highest BCUT2D eigenvalue weighted by molar-refractivity contribution is 5.35. The maximum atomic E-state index is 13.1. The summed E-state index contributed by atoms with van der Waals surface area (Å²) in [6.07, 6.45) is 9.05. The molecule has 25 heavy (non-hydrogen) atoms. The first-order valence-electron chi connectivity index (χ1n) is 8.76. The summed E-state index contributed by atoms with van der Waals surface area (Å²) < 4.78 is 27.1. The van der Waals surface area contributed by atoms with Crippen molar-refractivity contribution >= 4 is 5.95 Å². The fourth-order valence-corrected chi connectivity index (χ4v) is 3.63. The summed E-state index contributed by atoms with van der Waals surface area (Å²) in [6, 6.07) is 2.11. The second-order valence-corrected chi connectivity index (χ2v) is 6.43. The summed E-state index contributed by atoms with van der Waals surface area (Å²) >= 11 is 0. The second-order valence-electron chi connectivity index (χ2n) is 6.43. The van der Waals surface area contributed by atoms with E-state index < -0.39 is 5.82 Å². The van der Waals surface area contributed by atoms with E-state index in [2.05, 4.69) is 20.0 Å². The SMILES string of the molecule is Fc1cnc(N2C[C@@H](OCCCn3cccn3)[C@@H]3OCCC[C@@H]32)nc1. The summed E-state index contributed by atoms with van der Waals surface area (Å²) in [5, 5.41) is 4.19. The molecule has 2 aliphatic rings. The topological polar surface area (TPSA) is 65.3 Å². The molecule has 0 aromatic carbocycles. The highest BCUT2D eigenvalue weighted by Gasteiger charge is 2.45. The van der Waals surface area contributed by atoms with Gasteiger partial charge in [-0.1, -0.05) is 0 Å². The molecule has 2 fully saturated rings. The Morgan fingerprint density at radius 3 is 3.00 bits per heavy atom. The number of hydrogen-bond donors (Lipinski definition) is 0. The zero-order valence-electron chi connectivity index (χ0n) is 14.0. The fourth-order valence-electron chi connectivity index (χ4n) is 3.63. The molecule has 3 atom stereocenters. The van der Waals surface area contributed by atoms with Gasteiger partial charge in [0.1, 0.15) is 12.2 Å². The number of halogens is 1. The molecule has 0 radical (unpaired) electrons. The number of fused-ring (bicyclic) bond motifs is 1. The minimum absolute atomic E-state index is 0.0171. The van der Waals surface area contributed by atoms with E-state index in [0.29, 0.717) is 19.1 Å². The molecule has 0 amide bonds. The van der Waals surface area contributed by atoms with Gasteiger partial charge in [0.2, 0.25) is 5.95 Å². The normalized spacial score (nSPS) is 26.0. The van der Waals surface area contributed by atoms with E-state index in [9.17, 15) is 4.39 Å². The molecule has 2 aliphatic heterocycles. The predicted molar refractivity (Wildman–Crippen MR) is 88.7 cm³/mol. The molecular weight excluding hydrogens is 325 g/mol. The van der Waals surface area contributed by atoms with Crippen LogP contribution in [-0.4, -0.2) is 57.8 Å². The Hall–Kier alpha value is -2.06. The Morgan fingerprint density at radius 1 is 1.32 bits per heavy atom. The summed E-state index contributed by atoms with van der Waals surface area (Å²) in [5.41, 5.74) is 0. The van der Waals surface area contributed by atoms with Crippen molar-refractivity contribution in [2.24, 2.45) is 0 Å². The molecule has 0 aliphatic carbocycles. The van der Waals surface area contributed by atoms with Crippen LogP contribution < -0.4 is 4.90 Å². The van der Waals surface area contributed by atoms with Gasteiger partial charge in [-0.15, -0.1) is 0 Å². The molecule has 2 saturated heterocycles. The summed E-state index contributed by atoms with van der Waals surface area (Å²) in [5.74, 6) is 0.121. The van der Waals surface area contributed by atoms with Gasteiger partial charge in [-0.2, -0.15) is 5.10 Å². The van der Waals surface area contributed by atoms with Crippen LogP contribution in [0.15, 0.2) is 30.9 Å². The van der Waals surface area contributed by atoms with Crippen molar-refractivity contribution in [2.75, 3.05) is 24.7 Å². The van der Waals surface area contributed by atoms with Gasteiger partial charge < -0.3 is 14.4 Å². The standard InChI is InChI=1S/C17H22FN5O2/c18-13-10-19-17(20-11-13)23-12-15(16-14(23)4-1-8-25-16)24-9-3-7-22-6-2-5-21-22/h2,5-6,10-11,14-16H,1,3-4,7-9,12H2/t14-,15+,16+/m0/s1. The van der Waals surface area contributed by atoms with E-state index in [1.54, 1.807) is 6.20 Å². The van der Waals surface area contributed by atoms with Crippen LogP contribution in [0.5, 0.6) is 0 Å². The van der Waals surface area contributed by atoms with Crippen molar-refractivity contribution in [1.29, 1.82) is 0 Å². The predicted octanol–water partition coefficient (Wildman–Crippen LogP) is 1.66. The van der Waals surface area contributed by atoms with Crippen molar-refractivity contribution < 1.29 is 13.9 Å². The molecule has 0 unspecified atom stereocenters. The Labute approximate surface area is 145 Å². The third-order valence-electron chi connectivity index (χ3n) is 4.76. The molecule has 4 rings (SSSR count). The lowest BCUT2D eigenvalue weighted by Crippen LogP contribution is -2.42. The molecule has 7 nitrogen and oxygen atoms in total. The van der Waals surface area contributed by atoms with E-state index in [0.717, 1.165) is 32.4 Å². The van der Waals surface area contributed by atoms with Crippen LogP contribution in [-0.2, 0) is 16.0 Å². The lowest BCUT2D eigenvalue weighted by molar-refractivity contribution is -0.0740. The van der Waals surface area contributed by atoms with Gasteiger partial charge in [0.15, 0.2) is 5.82 Å². The molecule has 0 spiro atoms. The first-order valence-corrected chi connectivity index (χ1v) is 8.76. The van der Waals surface area contributed by atoms with Crippen LogP contribution in [0.25, 0.3) is 0 Å². The van der Waals surface area contributed by atoms with Gasteiger partial charge in [0, 0.05) is 32.2 Å². The van der Waals surface area contributed by atoms with Crippen LogP contribution in [0.1, 0.15) is 19.3 Å². The Kier molecular flexibility index (Phi) is 4.89. The number of aryl methyl sites for hydroxylation is 1. The second kappa shape index (κ2) is 7.45. The first kappa shape index (κ1) is 16.4. The lowest BCUT2D eigenvalue weighted by atomic mass is 10.0. The number of rotatable bonds is 6. The molecule has 8 heteroatoms. The molecule has 4 heterocycles. The monoisotopic (exact) mass is 347 g/mol. The molecule has 0 saturated carbocycles. The number of nitrogens with zero attached hydrogens (tertiary/aromatic N) is 5. The van der Waals surface area contributed by atoms with E-state index in [-0.39, 0.29) is 18.2 Å². The average Bonchev–Trinajstić information content (AvgIpc) is 3.28. The zero-order valence-corrected chi connectivity index (χ0v) is 14.0. The summed E-state index contributed by atoms with van der Waals surface area (Å²) in [4.78, 5) is 10.4. The Balaban J connectivity index is 1.37. The van der Waals surface area contributed by atoms with Gasteiger partial charge in [-0.25, -0.2) is 14.4 Å². The smallest absolute Gasteiger partial charge is 0.225 e. The van der Waals surface area contributed by atoms with Crippen molar-refractivity contribution in [3.63, 3.8) is 0 Å². The maximum absolute atomic E-state index is 13.1. The van der Waals surface area contributed by atoms with Crippen molar-refractivity contribution in [3.05, 3.63) is 36.7 Å². The first-order chi connectivity index (χ1) is 12.3. The van der Waals surface area contributed by atoms with Crippen molar-refractivity contribution in [2.45, 2.75) is 44.1 Å². The van der Waals surface area contributed by atoms with Crippen molar-refractivity contribution in [3.8, 4) is 0 Å². The summed E-state index contributed by atoms with van der Waals surface area (Å²) in [7, 11) is 0. The molecule has 2 aromatic heterocycles. The Bertz CT molecular complexity index is 666.